The minimum atomic E-state index is -3.13. The highest BCUT2D eigenvalue weighted by molar-refractivity contribution is 5.57. The van der Waals surface area contributed by atoms with Crippen molar-refractivity contribution in [3.8, 4) is 5.75 Å². The summed E-state index contributed by atoms with van der Waals surface area (Å²) in [6.45, 7) is -2.19. The van der Waals surface area contributed by atoms with Gasteiger partial charge in [-0.1, -0.05) is 5.21 Å². The van der Waals surface area contributed by atoms with Gasteiger partial charge in [0, 0.05) is 30.6 Å². The van der Waals surface area contributed by atoms with Crippen LogP contribution >= 0.6 is 0 Å². The number of nitro benzene ring substituents is 1. The summed E-state index contributed by atoms with van der Waals surface area (Å²) in [5.41, 5.74) is -0.0894. The summed E-state index contributed by atoms with van der Waals surface area (Å²) in [5.74, 6) is -0.485. The number of nitro groups is 1. The fourth-order valence-electron chi connectivity index (χ4n) is 1.63. The normalized spacial score (nSPS) is 10.6. The Balaban J connectivity index is 2.04. The van der Waals surface area contributed by atoms with Crippen LogP contribution in [0.2, 0.25) is 0 Å². The Morgan fingerprint density at radius 1 is 1.48 bits per heavy atom. The molecule has 0 aliphatic rings. The molecule has 0 amide bonds. The third-order valence-electron chi connectivity index (χ3n) is 2.51. The van der Waals surface area contributed by atoms with E-state index in [2.05, 4.69) is 20.4 Å². The van der Waals surface area contributed by atoms with Gasteiger partial charge in [-0.25, -0.2) is 0 Å². The van der Waals surface area contributed by atoms with Crippen molar-refractivity contribution in [2.24, 2.45) is 0 Å². The summed E-state index contributed by atoms with van der Waals surface area (Å²) in [7, 11) is 0. The molecule has 1 aromatic heterocycles. The number of benzene rings is 1. The van der Waals surface area contributed by atoms with E-state index >= 15 is 0 Å². The highest BCUT2D eigenvalue weighted by Crippen LogP contribution is 2.31. The number of hydrogen-bond donors (Lipinski definition) is 1. The fraction of sp³-hybridized carbons (Fsp3) is 0.273. The van der Waals surface area contributed by atoms with Crippen LogP contribution in [0.4, 0.5) is 20.2 Å². The van der Waals surface area contributed by atoms with Gasteiger partial charge < -0.3 is 10.1 Å². The van der Waals surface area contributed by atoms with Crippen molar-refractivity contribution in [1.82, 2.24) is 15.0 Å². The van der Waals surface area contributed by atoms with E-state index in [0.29, 0.717) is 18.8 Å². The number of nitrogens with one attached hydrogen (secondary N) is 1. The third-order valence-corrected chi connectivity index (χ3v) is 2.51. The van der Waals surface area contributed by atoms with E-state index in [-0.39, 0.29) is 0 Å². The van der Waals surface area contributed by atoms with Gasteiger partial charge in [-0.05, 0) is 6.07 Å². The Morgan fingerprint density at radius 3 is 2.90 bits per heavy atom. The van der Waals surface area contributed by atoms with Crippen molar-refractivity contribution in [2.45, 2.75) is 13.2 Å². The van der Waals surface area contributed by atoms with Gasteiger partial charge in [-0.3, -0.25) is 14.8 Å². The first-order valence-electron chi connectivity index (χ1n) is 5.87. The van der Waals surface area contributed by atoms with Crippen molar-refractivity contribution in [2.75, 3.05) is 11.9 Å². The quantitative estimate of drug-likeness (QED) is 0.619. The minimum Gasteiger partial charge on any atom is -0.427 e. The molecule has 2 rings (SSSR count). The van der Waals surface area contributed by atoms with Crippen LogP contribution in [0.5, 0.6) is 5.75 Å². The Bertz CT molecular complexity index is 606. The molecule has 8 nitrogen and oxygen atoms in total. The average molecular weight is 299 g/mol. The lowest BCUT2D eigenvalue weighted by Gasteiger charge is -2.09. The highest BCUT2D eigenvalue weighted by Gasteiger charge is 2.18. The number of alkyl halides is 2. The maximum atomic E-state index is 12.2. The SMILES string of the molecule is O=[N+]([O-])c1ccc(NCCn2ccnn2)cc1OC(F)F. The van der Waals surface area contributed by atoms with Crippen LogP contribution in [0.3, 0.4) is 0 Å². The molecule has 0 saturated carbocycles. The zero-order valence-electron chi connectivity index (χ0n) is 10.6. The summed E-state index contributed by atoms with van der Waals surface area (Å²) in [4.78, 5) is 9.94. The second-order valence-electron chi connectivity index (χ2n) is 3.91. The Labute approximate surface area is 117 Å². The molecule has 0 saturated heterocycles. The minimum absolute atomic E-state index is 0.427. The van der Waals surface area contributed by atoms with E-state index in [1.54, 1.807) is 10.9 Å². The van der Waals surface area contributed by atoms with Gasteiger partial charge in [0.2, 0.25) is 5.75 Å². The summed E-state index contributed by atoms with van der Waals surface area (Å²) < 4.78 is 30.2. The van der Waals surface area contributed by atoms with Crippen LogP contribution < -0.4 is 10.1 Å². The molecule has 0 spiro atoms. The van der Waals surface area contributed by atoms with Gasteiger partial charge in [0.05, 0.1) is 17.7 Å². The van der Waals surface area contributed by atoms with Crippen LogP contribution in [-0.4, -0.2) is 33.1 Å². The van der Waals surface area contributed by atoms with Crippen molar-refractivity contribution < 1.29 is 18.4 Å². The van der Waals surface area contributed by atoms with Crippen LogP contribution in [0.1, 0.15) is 0 Å². The lowest BCUT2D eigenvalue weighted by molar-refractivity contribution is -0.386. The molecule has 2 aromatic rings. The molecule has 0 radical (unpaired) electrons. The number of ether oxygens (including phenoxy) is 1. The molecular weight excluding hydrogens is 288 g/mol. The van der Waals surface area contributed by atoms with Gasteiger partial charge in [0.15, 0.2) is 0 Å². The Hall–Kier alpha value is -2.78. The first kappa shape index (κ1) is 14.6. The number of nitrogens with zero attached hydrogens (tertiary/aromatic N) is 4. The molecular formula is C11H11F2N5O3. The van der Waals surface area contributed by atoms with Crippen LogP contribution in [0.15, 0.2) is 30.6 Å². The number of aromatic nitrogens is 3. The lowest BCUT2D eigenvalue weighted by atomic mass is 10.2. The third kappa shape index (κ3) is 4.09. The monoisotopic (exact) mass is 299 g/mol. The van der Waals surface area contributed by atoms with Gasteiger partial charge in [0.1, 0.15) is 0 Å². The lowest BCUT2D eigenvalue weighted by Crippen LogP contribution is -2.11. The van der Waals surface area contributed by atoms with E-state index in [0.717, 1.165) is 12.1 Å². The van der Waals surface area contributed by atoms with E-state index < -0.39 is 23.0 Å². The summed E-state index contributed by atoms with van der Waals surface area (Å²) in [5, 5.41) is 21.0. The molecule has 0 bridgehead atoms. The first-order valence-corrected chi connectivity index (χ1v) is 5.87. The first-order chi connectivity index (χ1) is 10.1. The molecule has 0 unspecified atom stereocenters. The molecule has 1 heterocycles. The topological polar surface area (TPSA) is 95.1 Å². The summed E-state index contributed by atoms with van der Waals surface area (Å²) in [6.07, 6.45) is 3.20. The zero-order valence-corrected chi connectivity index (χ0v) is 10.6. The summed E-state index contributed by atoms with van der Waals surface area (Å²) in [6, 6.07) is 3.68. The van der Waals surface area contributed by atoms with Crippen molar-refractivity contribution in [3.05, 3.63) is 40.7 Å². The molecule has 0 fully saturated rings. The standard InChI is InChI=1S/C11H11F2N5O3/c12-11(13)21-10-7-8(1-2-9(10)18(19)20)14-3-5-17-6-4-15-16-17/h1-2,4,6-7,11,14H,3,5H2. The van der Waals surface area contributed by atoms with Gasteiger partial charge in [-0.2, -0.15) is 8.78 Å². The predicted molar refractivity (Wildman–Crippen MR) is 68.2 cm³/mol. The fourth-order valence-corrected chi connectivity index (χ4v) is 1.63. The molecule has 21 heavy (non-hydrogen) atoms. The molecule has 10 heteroatoms. The number of rotatable bonds is 7. The smallest absolute Gasteiger partial charge is 0.387 e. The van der Waals surface area contributed by atoms with Gasteiger partial charge in [0.25, 0.3) is 0 Å². The molecule has 1 N–H and O–H groups in total. The maximum absolute atomic E-state index is 12.2. The second kappa shape index (κ2) is 6.59. The van der Waals surface area contributed by atoms with Crippen molar-refractivity contribution >= 4 is 11.4 Å². The van der Waals surface area contributed by atoms with Crippen molar-refractivity contribution in [1.29, 1.82) is 0 Å². The maximum Gasteiger partial charge on any atom is 0.387 e. The molecule has 112 valence electrons. The molecule has 0 atom stereocenters. The average Bonchev–Trinajstić information content (AvgIpc) is 2.91. The van der Waals surface area contributed by atoms with E-state index in [1.807, 2.05) is 0 Å². The van der Waals surface area contributed by atoms with E-state index in [9.17, 15) is 18.9 Å². The number of halogens is 2. The van der Waals surface area contributed by atoms with Crippen LogP contribution in [0.25, 0.3) is 0 Å². The zero-order chi connectivity index (χ0) is 15.2. The van der Waals surface area contributed by atoms with Gasteiger partial charge >= 0.3 is 12.3 Å². The van der Waals surface area contributed by atoms with E-state index in [1.165, 1.54) is 12.3 Å². The van der Waals surface area contributed by atoms with Crippen LogP contribution in [-0.2, 0) is 6.54 Å². The van der Waals surface area contributed by atoms with Crippen LogP contribution in [0, 0.1) is 10.1 Å². The Morgan fingerprint density at radius 2 is 2.29 bits per heavy atom. The highest BCUT2D eigenvalue weighted by atomic mass is 19.3. The summed E-state index contributed by atoms with van der Waals surface area (Å²) >= 11 is 0. The number of anilines is 1. The van der Waals surface area contributed by atoms with E-state index in [4.69, 9.17) is 0 Å². The number of hydrogen-bond acceptors (Lipinski definition) is 6. The largest absolute Gasteiger partial charge is 0.427 e. The van der Waals surface area contributed by atoms with Crippen molar-refractivity contribution in [3.63, 3.8) is 0 Å². The molecule has 1 aromatic carbocycles. The Kier molecular flexibility index (Phi) is 4.59. The molecule has 0 aliphatic heterocycles. The second-order valence-corrected chi connectivity index (χ2v) is 3.91. The predicted octanol–water partition coefficient (Wildman–Crippen LogP) is 1.90. The molecule has 0 aliphatic carbocycles. The van der Waals surface area contributed by atoms with Gasteiger partial charge in [-0.15, -0.1) is 5.10 Å².